The zero-order valence-electron chi connectivity index (χ0n) is 9.98. The maximum absolute atomic E-state index is 12.5. The molecule has 106 valence electrons. The number of fused-ring (bicyclic) bond motifs is 2. The van der Waals surface area contributed by atoms with E-state index < -0.39 is 11.7 Å². The molecule has 1 N–H and O–H groups in total. The second-order valence-corrected chi connectivity index (χ2v) is 4.88. The maximum atomic E-state index is 12.5. The van der Waals surface area contributed by atoms with Gasteiger partial charge < -0.3 is 10.1 Å². The Balaban J connectivity index is 0.00000133. The highest BCUT2D eigenvalue weighted by Gasteiger charge is 2.45. The first-order chi connectivity index (χ1) is 8.54. The van der Waals surface area contributed by atoms with Gasteiger partial charge in [0.05, 0.1) is 5.56 Å². The number of nitrogens with one attached hydrogen (secondary N) is 1. The number of ether oxygens (including phenoxy) is 1. The molecule has 1 saturated heterocycles. The average Bonchev–Trinajstić information content (AvgIpc) is 2.36. The van der Waals surface area contributed by atoms with Gasteiger partial charge in [0.2, 0.25) is 5.88 Å². The number of halogens is 4. The second-order valence-electron chi connectivity index (χ2n) is 4.88. The minimum absolute atomic E-state index is 0. The van der Waals surface area contributed by atoms with E-state index in [4.69, 9.17) is 4.74 Å². The van der Waals surface area contributed by atoms with Gasteiger partial charge in [-0.2, -0.15) is 13.2 Å². The lowest BCUT2D eigenvalue weighted by Crippen LogP contribution is -2.59. The smallest absolute Gasteiger partial charge is 0.416 e. The van der Waals surface area contributed by atoms with Crippen LogP contribution in [0.3, 0.4) is 0 Å². The molecule has 1 aliphatic heterocycles. The molecule has 1 aliphatic carbocycles. The Bertz CT molecular complexity index is 441. The average molecular weight is 295 g/mol. The van der Waals surface area contributed by atoms with Gasteiger partial charge in [-0.05, 0) is 12.5 Å². The molecule has 1 aromatic rings. The molecule has 3 rings (SSSR count). The molecule has 2 heterocycles. The summed E-state index contributed by atoms with van der Waals surface area (Å²) in [5.74, 6) is 0.881. The molecule has 0 amide bonds. The lowest BCUT2D eigenvalue weighted by molar-refractivity contribution is -0.138. The largest absolute Gasteiger partial charge is 0.474 e. The topological polar surface area (TPSA) is 34.1 Å². The van der Waals surface area contributed by atoms with E-state index in [2.05, 4.69) is 10.3 Å². The van der Waals surface area contributed by atoms with Crippen molar-refractivity contribution in [2.75, 3.05) is 13.1 Å². The van der Waals surface area contributed by atoms with Crippen LogP contribution in [0.2, 0.25) is 0 Å². The Labute approximate surface area is 115 Å². The van der Waals surface area contributed by atoms with Gasteiger partial charge in [0, 0.05) is 37.2 Å². The molecular formula is C12H14ClF3N2O. The number of hydrogen-bond donors (Lipinski definition) is 1. The first kappa shape index (κ1) is 14.4. The highest BCUT2D eigenvalue weighted by Crippen LogP contribution is 2.39. The van der Waals surface area contributed by atoms with Crippen molar-refractivity contribution in [3.05, 3.63) is 23.9 Å². The van der Waals surface area contributed by atoms with Crippen molar-refractivity contribution in [2.24, 2.45) is 11.8 Å². The molecule has 2 aliphatic rings. The molecule has 0 spiro atoms. The lowest BCUT2D eigenvalue weighted by Gasteiger charge is -2.48. The number of piperidine rings is 2. The Morgan fingerprint density at radius 1 is 1.26 bits per heavy atom. The van der Waals surface area contributed by atoms with Gasteiger partial charge in [0.1, 0.15) is 6.10 Å². The minimum atomic E-state index is -4.35. The summed E-state index contributed by atoms with van der Waals surface area (Å²) in [5.41, 5.74) is -0.713. The highest BCUT2D eigenvalue weighted by atomic mass is 35.5. The number of alkyl halides is 3. The monoisotopic (exact) mass is 294 g/mol. The van der Waals surface area contributed by atoms with Crippen molar-refractivity contribution in [3.63, 3.8) is 0 Å². The fourth-order valence-electron chi connectivity index (χ4n) is 2.68. The SMILES string of the molecule is Cl.FC(F)(F)c1ccnc(OC2[C@@H]3CNC[C@H]2C3)c1. The predicted octanol–water partition coefficient (Wildman–Crippen LogP) is 2.51. The van der Waals surface area contributed by atoms with Crippen molar-refractivity contribution in [3.8, 4) is 5.88 Å². The molecule has 1 aromatic heterocycles. The molecule has 19 heavy (non-hydrogen) atoms. The third-order valence-electron chi connectivity index (χ3n) is 3.67. The van der Waals surface area contributed by atoms with E-state index >= 15 is 0 Å². The van der Waals surface area contributed by atoms with E-state index in [1.807, 2.05) is 0 Å². The van der Waals surface area contributed by atoms with E-state index in [1.54, 1.807) is 0 Å². The maximum Gasteiger partial charge on any atom is 0.416 e. The van der Waals surface area contributed by atoms with E-state index in [1.165, 1.54) is 0 Å². The van der Waals surface area contributed by atoms with Crippen molar-refractivity contribution >= 4 is 12.4 Å². The Morgan fingerprint density at radius 3 is 2.53 bits per heavy atom. The van der Waals surface area contributed by atoms with Crippen molar-refractivity contribution in [2.45, 2.75) is 18.7 Å². The summed E-state index contributed by atoms with van der Waals surface area (Å²) in [5, 5.41) is 3.26. The minimum Gasteiger partial charge on any atom is -0.474 e. The molecule has 0 radical (unpaired) electrons. The number of aromatic nitrogens is 1. The highest BCUT2D eigenvalue weighted by molar-refractivity contribution is 5.85. The molecule has 3 atom stereocenters. The second kappa shape index (κ2) is 5.17. The Kier molecular flexibility index (Phi) is 3.92. The summed E-state index contributed by atoms with van der Waals surface area (Å²) < 4.78 is 43.2. The van der Waals surface area contributed by atoms with Crippen LogP contribution in [0.1, 0.15) is 12.0 Å². The number of hydrogen-bond acceptors (Lipinski definition) is 3. The molecule has 1 unspecified atom stereocenters. The zero-order chi connectivity index (χ0) is 12.8. The summed E-state index contributed by atoms with van der Waals surface area (Å²) in [6, 6.07) is 1.93. The van der Waals surface area contributed by atoms with Gasteiger partial charge in [0.15, 0.2) is 0 Å². The first-order valence-corrected chi connectivity index (χ1v) is 5.94. The fraction of sp³-hybridized carbons (Fsp3) is 0.583. The van der Waals surface area contributed by atoms with Crippen molar-refractivity contribution in [1.29, 1.82) is 0 Å². The Morgan fingerprint density at radius 2 is 1.95 bits per heavy atom. The molecule has 2 bridgehead atoms. The zero-order valence-corrected chi connectivity index (χ0v) is 10.8. The summed E-state index contributed by atoms with van der Waals surface area (Å²) in [6.07, 6.45) is -2.10. The van der Waals surface area contributed by atoms with Crippen molar-refractivity contribution in [1.82, 2.24) is 10.3 Å². The molecule has 3 nitrogen and oxygen atoms in total. The molecule has 2 fully saturated rings. The van der Waals surface area contributed by atoms with Gasteiger partial charge in [-0.1, -0.05) is 0 Å². The Hall–Kier alpha value is -1.01. The normalized spacial score (nSPS) is 29.1. The van der Waals surface area contributed by atoms with Crippen LogP contribution in [0.4, 0.5) is 13.2 Å². The summed E-state index contributed by atoms with van der Waals surface area (Å²) >= 11 is 0. The van der Waals surface area contributed by atoms with Crippen LogP contribution in [0, 0.1) is 11.8 Å². The summed E-state index contributed by atoms with van der Waals surface area (Å²) in [7, 11) is 0. The van der Waals surface area contributed by atoms with Gasteiger partial charge in [-0.15, -0.1) is 12.4 Å². The predicted molar refractivity (Wildman–Crippen MR) is 65.4 cm³/mol. The van der Waals surface area contributed by atoms with Crippen LogP contribution in [0.5, 0.6) is 5.88 Å². The van der Waals surface area contributed by atoms with Crippen LogP contribution in [0.15, 0.2) is 18.3 Å². The quantitative estimate of drug-likeness (QED) is 0.910. The van der Waals surface area contributed by atoms with Gasteiger partial charge in [0.25, 0.3) is 0 Å². The van der Waals surface area contributed by atoms with Crippen molar-refractivity contribution < 1.29 is 17.9 Å². The molecule has 7 heteroatoms. The van der Waals surface area contributed by atoms with Crippen LogP contribution in [-0.4, -0.2) is 24.2 Å². The number of pyridine rings is 1. The summed E-state index contributed by atoms with van der Waals surface area (Å²) in [6.45, 7) is 1.75. The van der Waals surface area contributed by atoms with Crippen LogP contribution >= 0.6 is 12.4 Å². The van der Waals surface area contributed by atoms with Crippen LogP contribution in [0.25, 0.3) is 0 Å². The van der Waals surface area contributed by atoms with Gasteiger partial charge in [-0.3, -0.25) is 0 Å². The lowest BCUT2D eigenvalue weighted by atomic mass is 9.69. The first-order valence-electron chi connectivity index (χ1n) is 5.94. The third kappa shape index (κ3) is 2.79. The van der Waals surface area contributed by atoms with E-state index in [9.17, 15) is 13.2 Å². The molecular weight excluding hydrogens is 281 g/mol. The van der Waals surface area contributed by atoms with E-state index in [0.29, 0.717) is 11.8 Å². The molecule has 1 saturated carbocycles. The fourth-order valence-corrected chi connectivity index (χ4v) is 2.68. The van der Waals surface area contributed by atoms with E-state index in [-0.39, 0.29) is 24.4 Å². The molecule has 0 aromatic carbocycles. The summed E-state index contributed by atoms with van der Waals surface area (Å²) in [4.78, 5) is 3.86. The van der Waals surface area contributed by atoms with E-state index in [0.717, 1.165) is 37.8 Å². The van der Waals surface area contributed by atoms with Gasteiger partial charge in [-0.25, -0.2) is 4.98 Å². The standard InChI is InChI=1S/C12H13F3N2O.ClH/c13-12(14,15)9-1-2-17-10(4-9)18-11-7-3-8(11)6-16-5-7;/h1-2,4,7-8,11,16H,3,5-6H2;1H/t7-,8+,11?;. The third-order valence-corrected chi connectivity index (χ3v) is 3.67. The van der Waals surface area contributed by atoms with Crippen LogP contribution in [-0.2, 0) is 6.18 Å². The number of nitrogens with zero attached hydrogens (tertiary/aromatic N) is 1. The van der Waals surface area contributed by atoms with Gasteiger partial charge >= 0.3 is 6.18 Å². The number of rotatable bonds is 2. The van der Waals surface area contributed by atoms with Crippen LogP contribution < -0.4 is 10.1 Å².